The molecule has 0 radical (unpaired) electrons. The van der Waals surface area contributed by atoms with E-state index in [1.54, 1.807) is 12.1 Å². The van der Waals surface area contributed by atoms with Crippen LogP contribution in [0.5, 0.6) is 5.75 Å². The second-order valence-electron chi connectivity index (χ2n) is 7.38. The van der Waals surface area contributed by atoms with Gasteiger partial charge in [0.1, 0.15) is 5.75 Å². The number of hydrogen-bond acceptors (Lipinski definition) is 4. The summed E-state index contributed by atoms with van der Waals surface area (Å²) in [5, 5.41) is 2.82. The van der Waals surface area contributed by atoms with E-state index in [0.29, 0.717) is 24.5 Å². The molecule has 28 heavy (non-hydrogen) atoms. The van der Waals surface area contributed by atoms with Gasteiger partial charge >= 0.3 is 0 Å². The Hall–Kier alpha value is -3.02. The van der Waals surface area contributed by atoms with Crippen LogP contribution in [-0.4, -0.2) is 49.0 Å². The Bertz CT molecular complexity index is 904. The molecule has 1 saturated heterocycles. The highest BCUT2D eigenvalue weighted by Gasteiger charge is 2.32. The maximum Gasteiger partial charge on any atom is 0.266 e. The summed E-state index contributed by atoms with van der Waals surface area (Å²) in [6.45, 7) is 7.13. The molecule has 6 nitrogen and oxygen atoms in total. The normalized spacial score (nSPS) is 18.9. The maximum absolute atomic E-state index is 12.7. The molecule has 6 heteroatoms. The first-order valence-electron chi connectivity index (χ1n) is 9.68. The van der Waals surface area contributed by atoms with Crippen LogP contribution in [0.15, 0.2) is 42.5 Å². The number of para-hydroxylation sites is 2. The Balaban J connectivity index is 1.36. The van der Waals surface area contributed by atoms with Crippen LogP contribution in [0.3, 0.4) is 0 Å². The minimum Gasteiger partial charge on any atom is -0.478 e. The summed E-state index contributed by atoms with van der Waals surface area (Å²) in [6.07, 6.45) is -0.719. The van der Waals surface area contributed by atoms with Crippen molar-refractivity contribution in [3.05, 3.63) is 53.6 Å². The van der Waals surface area contributed by atoms with E-state index in [9.17, 15) is 9.59 Å². The van der Waals surface area contributed by atoms with Gasteiger partial charge in [0, 0.05) is 31.9 Å². The summed E-state index contributed by atoms with van der Waals surface area (Å²) < 4.78 is 5.76. The molecule has 0 bridgehead atoms. The predicted octanol–water partition coefficient (Wildman–Crippen LogP) is 2.74. The van der Waals surface area contributed by atoms with E-state index >= 15 is 0 Å². The van der Waals surface area contributed by atoms with Gasteiger partial charge in [-0.15, -0.1) is 0 Å². The molecule has 1 atom stereocenters. The summed E-state index contributed by atoms with van der Waals surface area (Å²) in [7, 11) is 0. The lowest BCUT2D eigenvalue weighted by atomic mass is 10.1. The summed E-state index contributed by atoms with van der Waals surface area (Å²) in [5.41, 5.74) is 4.45. The zero-order valence-corrected chi connectivity index (χ0v) is 16.3. The Morgan fingerprint density at radius 3 is 2.61 bits per heavy atom. The third-order valence-electron chi connectivity index (χ3n) is 5.62. The lowest BCUT2D eigenvalue weighted by Crippen LogP contribution is -2.50. The molecular weight excluding hydrogens is 354 g/mol. The second-order valence-corrected chi connectivity index (χ2v) is 7.38. The zero-order valence-electron chi connectivity index (χ0n) is 16.3. The maximum atomic E-state index is 12.7. The minimum atomic E-state index is -0.778. The fraction of sp³-hybridized carbons (Fsp3) is 0.364. The van der Waals surface area contributed by atoms with Crippen molar-refractivity contribution in [1.29, 1.82) is 0 Å². The molecule has 0 aromatic heterocycles. The molecule has 2 aromatic rings. The van der Waals surface area contributed by atoms with Gasteiger partial charge < -0.3 is 19.9 Å². The first kappa shape index (κ1) is 18.3. The molecule has 2 amide bonds. The van der Waals surface area contributed by atoms with E-state index in [2.05, 4.69) is 42.3 Å². The number of nitrogens with zero attached hydrogens (tertiary/aromatic N) is 2. The topological polar surface area (TPSA) is 61.9 Å². The number of fused-ring (bicyclic) bond motifs is 1. The van der Waals surface area contributed by atoms with Gasteiger partial charge in [0.2, 0.25) is 5.91 Å². The van der Waals surface area contributed by atoms with Crippen molar-refractivity contribution in [3.63, 3.8) is 0 Å². The molecule has 2 aliphatic rings. The summed E-state index contributed by atoms with van der Waals surface area (Å²) in [4.78, 5) is 29.2. The van der Waals surface area contributed by atoms with Crippen LogP contribution >= 0.6 is 0 Å². The largest absolute Gasteiger partial charge is 0.478 e. The molecule has 0 saturated carbocycles. The second kappa shape index (κ2) is 7.54. The van der Waals surface area contributed by atoms with Crippen molar-refractivity contribution < 1.29 is 14.3 Å². The number of ether oxygens (including phenoxy) is 1. The van der Waals surface area contributed by atoms with Crippen LogP contribution in [0.4, 0.5) is 11.4 Å². The third kappa shape index (κ3) is 3.54. The molecule has 2 aromatic carbocycles. The molecule has 2 aliphatic heterocycles. The van der Waals surface area contributed by atoms with Crippen molar-refractivity contribution in [2.24, 2.45) is 0 Å². The molecule has 2 heterocycles. The molecule has 146 valence electrons. The number of benzene rings is 2. The summed E-state index contributed by atoms with van der Waals surface area (Å²) >= 11 is 0. The molecule has 0 unspecified atom stereocenters. The average molecular weight is 379 g/mol. The number of amides is 2. The molecule has 1 fully saturated rings. The van der Waals surface area contributed by atoms with Crippen molar-refractivity contribution >= 4 is 23.2 Å². The molecular formula is C22H25N3O3. The summed E-state index contributed by atoms with van der Waals surface area (Å²) in [6, 6.07) is 13.6. The summed E-state index contributed by atoms with van der Waals surface area (Å²) in [5.74, 6) is 0.306. The van der Waals surface area contributed by atoms with Gasteiger partial charge in [-0.1, -0.05) is 24.3 Å². The van der Waals surface area contributed by atoms with E-state index in [4.69, 9.17) is 4.74 Å². The van der Waals surface area contributed by atoms with Crippen LogP contribution in [-0.2, 0) is 9.59 Å². The predicted molar refractivity (Wildman–Crippen MR) is 109 cm³/mol. The van der Waals surface area contributed by atoms with E-state index < -0.39 is 6.10 Å². The number of hydrogen-bond donors (Lipinski definition) is 1. The lowest BCUT2D eigenvalue weighted by Gasteiger charge is -2.37. The van der Waals surface area contributed by atoms with Crippen molar-refractivity contribution in [1.82, 2.24) is 4.90 Å². The van der Waals surface area contributed by atoms with Gasteiger partial charge in [0.15, 0.2) is 6.10 Å². The lowest BCUT2D eigenvalue weighted by molar-refractivity contribution is -0.137. The van der Waals surface area contributed by atoms with Crippen molar-refractivity contribution in [3.8, 4) is 5.75 Å². The molecule has 0 spiro atoms. The molecule has 1 N–H and O–H groups in total. The van der Waals surface area contributed by atoms with Crippen LogP contribution < -0.4 is 15.0 Å². The highest BCUT2D eigenvalue weighted by Crippen LogP contribution is 2.30. The fourth-order valence-electron chi connectivity index (χ4n) is 3.79. The van der Waals surface area contributed by atoms with Gasteiger partial charge in [-0.3, -0.25) is 9.59 Å². The van der Waals surface area contributed by atoms with Crippen LogP contribution in [0.1, 0.15) is 17.5 Å². The third-order valence-corrected chi connectivity index (χ3v) is 5.62. The number of carbonyl (C=O) groups is 2. The number of nitrogens with one attached hydrogen (secondary N) is 1. The Morgan fingerprint density at radius 1 is 1.07 bits per heavy atom. The Morgan fingerprint density at radius 2 is 1.82 bits per heavy atom. The smallest absolute Gasteiger partial charge is 0.266 e. The van der Waals surface area contributed by atoms with Gasteiger partial charge in [-0.05, 0) is 43.2 Å². The molecule has 0 aliphatic carbocycles. The van der Waals surface area contributed by atoms with Gasteiger partial charge in [0.25, 0.3) is 5.91 Å². The highest BCUT2D eigenvalue weighted by molar-refractivity contribution is 5.99. The Labute approximate surface area is 165 Å². The fourth-order valence-corrected chi connectivity index (χ4v) is 3.79. The van der Waals surface area contributed by atoms with Gasteiger partial charge in [0.05, 0.1) is 12.1 Å². The van der Waals surface area contributed by atoms with E-state index in [-0.39, 0.29) is 18.2 Å². The first-order chi connectivity index (χ1) is 13.5. The van der Waals surface area contributed by atoms with Crippen molar-refractivity contribution in [2.75, 3.05) is 36.4 Å². The quantitative estimate of drug-likeness (QED) is 0.891. The standard InChI is InChI=1S/C22H25N3O3/c1-15-6-5-8-18(16(15)2)24-10-12-25(13-11-24)21(26)14-20-22(27)23-17-7-3-4-9-19(17)28-20/h3-9,20H,10-14H2,1-2H3,(H,23,27)/t20-/m0/s1. The monoisotopic (exact) mass is 379 g/mol. The van der Waals surface area contributed by atoms with Crippen LogP contribution in [0, 0.1) is 13.8 Å². The number of rotatable bonds is 3. The average Bonchev–Trinajstić information content (AvgIpc) is 2.71. The number of piperazine rings is 1. The van der Waals surface area contributed by atoms with Crippen LogP contribution in [0.2, 0.25) is 0 Å². The van der Waals surface area contributed by atoms with Gasteiger partial charge in [-0.25, -0.2) is 0 Å². The molecule has 4 rings (SSSR count). The van der Waals surface area contributed by atoms with Crippen LogP contribution in [0.25, 0.3) is 0 Å². The number of anilines is 2. The van der Waals surface area contributed by atoms with E-state index in [1.807, 2.05) is 17.0 Å². The minimum absolute atomic E-state index is 0.0415. The van der Waals surface area contributed by atoms with E-state index in [1.165, 1.54) is 16.8 Å². The Kier molecular flexibility index (Phi) is 4.94. The number of aryl methyl sites for hydroxylation is 1. The zero-order chi connectivity index (χ0) is 19.7. The van der Waals surface area contributed by atoms with Crippen molar-refractivity contribution in [2.45, 2.75) is 26.4 Å². The van der Waals surface area contributed by atoms with Gasteiger partial charge in [-0.2, -0.15) is 0 Å². The van der Waals surface area contributed by atoms with E-state index in [0.717, 1.165) is 13.1 Å². The highest BCUT2D eigenvalue weighted by atomic mass is 16.5. The SMILES string of the molecule is Cc1cccc(N2CCN(C(=O)C[C@@H]3Oc4ccccc4NC3=O)CC2)c1C. The number of carbonyl (C=O) groups excluding carboxylic acids is 2. The first-order valence-corrected chi connectivity index (χ1v) is 9.68.